The van der Waals surface area contributed by atoms with Crippen molar-refractivity contribution in [3.05, 3.63) is 27.2 Å². The van der Waals surface area contributed by atoms with Gasteiger partial charge in [-0.15, -0.1) is 0 Å². The summed E-state index contributed by atoms with van der Waals surface area (Å²) in [6.45, 7) is 5.26. The Hall–Kier alpha value is -1.27. The van der Waals surface area contributed by atoms with Crippen LogP contribution in [0.1, 0.15) is 19.4 Å². The maximum atomic E-state index is 11.6. The minimum absolute atomic E-state index is 0.314. The Morgan fingerprint density at radius 2 is 2.10 bits per heavy atom. The molecular formula is C14H17BrClNO4. The van der Waals surface area contributed by atoms with Crippen LogP contribution in [0.3, 0.4) is 0 Å². The van der Waals surface area contributed by atoms with E-state index in [-0.39, 0.29) is 12.5 Å². The van der Waals surface area contributed by atoms with Crippen molar-refractivity contribution in [3.63, 3.8) is 0 Å². The van der Waals surface area contributed by atoms with Gasteiger partial charge in [-0.2, -0.15) is 0 Å². The SMILES string of the molecule is CCNC(=O)[C@@H](C)OC(=O)COc1c(C)cc(Br)cc1Cl. The number of carbonyl (C=O) groups excluding carboxylic acids is 2. The maximum Gasteiger partial charge on any atom is 0.344 e. The fraction of sp³-hybridized carbons (Fsp3) is 0.429. The van der Waals surface area contributed by atoms with Crippen molar-refractivity contribution >= 4 is 39.4 Å². The Balaban J connectivity index is 2.56. The molecule has 0 aliphatic rings. The first-order valence-electron chi connectivity index (χ1n) is 6.40. The zero-order chi connectivity index (χ0) is 16.0. The lowest BCUT2D eigenvalue weighted by Crippen LogP contribution is -2.36. The van der Waals surface area contributed by atoms with Crippen LogP contribution in [-0.2, 0) is 14.3 Å². The zero-order valence-electron chi connectivity index (χ0n) is 12.0. The van der Waals surface area contributed by atoms with Crippen molar-refractivity contribution in [2.24, 2.45) is 0 Å². The molecule has 1 atom stereocenters. The fourth-order valence-corrected chi connectivity index (χ4v) is 2.63. The second-order valence-corrected chi connectivity index (χ2v) is 5.67. The van der Waals surface area contributed by atoms with Gasteiger partial charge in [-0.1, -0.05) is 27.5 Å². The topological polar surface area (TPSA) is 64.6 Å². The minimum Gasteiger partial charge on any atom is -0.480 e. The van der Waals surface area contributed by atoms with Crippen LogP contribution < -0.4 is 10.1 Å². The van der Waals surface area contributed by atoms with Crippen LogP contribution in [0, 0.1) is 6.92 Å². The highest BCUT2D eigenvalue weighted by Crippen LogP contribution is 2.31. The second kappa shape index (κ2) is 8.24. The van der Waals surface area contributed by atoms with E-state index in [0.717, 1.165) is 10.0 Å². The predicted molar refractivity (Wildman–Crippen MR) is 83.6 cm³/mol. The second-order valence-electron chi connectivity index (χ2n) is 4.35. The average molecular weight is 379 g/mol. The smallest absolute Gasteiger partial charge is 0.344 e. The molecule has 0 spiro atoms. The molecular weight excluding hydrogens is 362 g/mol. The highest BCUT2D eigenvalue weighted by Gasteiger charge is 2.18. The summed E-state index contributed by atoms with van der Waals surface area (Å²) in [7, 11) is 0. The van der Waals surface area contributed by atoms with E-state index >= 15 is 0 Å². The summed E-state index contributed by atoms with van der Waals surface area (Å²) in [5, 5.41) is 2.96. The number of aryl methyl sites for hydroxylation is 1. The maximum absolute atomic E-state index is 11.6. The van der Waals surface area contributed by atoms with Gasteiger partial charge in [0.05, 0.1) is 5.02 Å². The van der Waals surface area contributed by atoms with Gasteiger partial charge in [-0.25, -0.2) is 4.79 Å². The molecule has 0 fully saturated rings. The third-order valence-electron chi connectivity index (χ3n) is 2.56. The molecule has 0 saturated carbocycles. The number of hydrogen-bond acceptors (Lipinski definition) is 4. The van der Waals surface area contributed by atoms with Gasteiger partial charge in [0.15, 0.2) is 12.7 Å². The molecule has 0 bridgehead atoms. The number of esters is 1. The molecule has 1 N–H and O–H groups in total. The van der Waals surface area contributed by atoms with Crippen molar-refractivity contribution in [3.8, 4) is 5.75 Å². The number of carbonyl (C=O) groups is 2. The molecule has 0 radical (unpaired) electrons. The highest BCUT2D eigenvalue weighted by atomic mass is 79.9. The fourth-order valence-electron chi connectivity index (χ4n) is 1.61. The number of ether oxygens (including phenoxy) is 2. The molecule has 1 aromatic carbocycles. The number of nitrogens with one attached hydrogen (secondary N) is 1. The summed E-state index contributed by atoms with van der Waals surface area (Å²) in [6, 6.07) is 3.50. The molecule has 7 heteroatoms. The van der Waals surface area contributed by atoms with Gasteiger partial charge in [0.1, 0.15) is 5.75 Å². The molecule has 0 heterocycles. The number of likely N-dealkylation sites (N-methyl/N-ethyl adjacent to an activating group) is 1. The van der Waals surface area contributed by atoms with Crippen molar-refractivity contribution in [2.45, 2.75) is 26.9 Å². The van der Waals surface area contributed by atoms with Crippen molar-refractivity contribution < 1.29 is 19.1 Å². The van der Waals surface area contributed by atoms with E-state index in [1.807, 2.05) is 13.0 Å². The van der Waals surface area contributed by atoms with Crippen molar-refractivity contribution in [2.75, 3.05) is 13.2 Å². The normalized spacial score (nSPS) is 11.7. The van der Waals surface area contributed by atoms with E-state index in [9.17, 15) is 9.59 Å². The summed E-state index contributed by atoms with van der Waals surface area (Å²) in [5.41, 5.74) is 0.791. The lowest BCUT2D eigenvalue weighted by atomic mass is 10.2. The van der Waals surface area contributed by atoms with Gasteiger partial charge in [0, 0.05) is 11.0 Å². The van der Waals surface area contributed by atoms with Crippen molar-refractivity contribution in [1.82, 2.24) is 5.32 Å². The third-order valence-corrected chi connectivity index (χ3v) is 3.30. The van der Waals surface area contributed by atoms with E-state index < -0.39 is 12.1 Å². The molecule has 0 aromatic heterocycles. The Kier molecular flexibility index (Phi) is 6.98. The molecule has 0 aliphatic heterocycles. The Labute approximate surface area is 137 Å². The monoisotopic (exact) mass is 377 g/mol. The predicted octanol–water partition coefficient (Wildman–Crippen LogP) is 2.86. The summed E-state index contributed by atoms with van der Waals surface area (Å²) >= 11 is 9.36. The average Bonchev–Trinajstić information content (AvgIpc) is 2.37. The molecule has 1 rings (SSSR count). The van der Waals surface area contributed by atoms with Crippen LogP contribution in [0.15, 0.2) is 16.6 Å². The van der Waals surface area contributed by atoms with E-state index in [1.165, 1.54) is 6.92 Å². The first-order chi connectivity index (χ1) is 9.85. The summed E-state index contributed by atoms with van der Waals surface area (Å²) in [6.07, 6.45) is -0.859. The lowest BCUT2D eigenvalue weighted by Gasteiger charge is -2.14. The number of hydrogen-bond donors (Lipinski definition) is 1. The minimum atomic E-state index is -0.859. The van der Waals surface area contributed by atoms with E-state index in [0.29, 0.717) is 17.3 Å². The highest BCUT2D eigenvalue weighted by molar-refractivity contribution is 9.10. The molecule has 0 unspecified atom stereocenters. The largest absolute Gasteiger partial charge is 0.480 e. The number of halogens is 2. The first-order valence-corrected chi connectivity index (χ1v) is 7.57. The van der Waals surface area contributed by atoms with Crippen LogP contribution in [0.2, 0.25) is 5.02 Å². The third kappa shape index (κ3) is 5.55. The van der Waals surface area contributed by atoms with Gasteiger partial charge in [0.2, 0.25) is 0 Å². The Morgan fingerprint density at radius 3 is 2.67 bits per heavy atom. The first kappa shape index (κ1) is 17.8. The van der Waals surface area contributed by atoms with Gasteiger partial charge >= 0.3 is 5.97 Å². The summed E-state index contributed by atoms with van der Waals surface area (Å²) < 4.78 is 11.2. The van der Waals surface area contributed by atoms with E-state index in [1.54, 1.807) is 13.0 Å². The summed E-state index contributed by atoms with van der Waals surface area (Å²) in [4.78, 5) is 23.1. The molecule has 0 saturated heterocycles. The van der Waals surface area contributed by atoms with Crippen LogP contribution >= 0.6 is 27.5 Å². The van der Waals surface area contributed by atoms with E-state index in [4.69, 9.17) is 21.1 Å². The number of benzene rings is 1. The quantitative estimate of drug-likeness (QED) is 0.773. The lowest BCUT2D eigenvalue weighted by molar-refractivity contribution is -0.156. The number of amides is 1. The Bertz CT molecular complexity index is 513. The molecule has 116 valence electrons. The number of rotatable bonds is 6. The van der Waals surface area contributed by atoms with Gasteiger partial charge < -0.3 is 14.8 Å². The van der Waals surface area contributed by atoms with Gasteiger partial charge in [-0.3, -0.25) is 4.79 Å². The Morgan fingerprint density at radius 1 is 1.43 bits per heavy atom. The summed E-state index contributed by atoms with van der Waals surface area (Å²) in [5.74, 6) is -0.557. The van der Waals surface area contributed by atoms with E-state index in [2.05, 4.69) is 21.2 Å². The van der Waals surface area contributed by atoms with Crippen LogP contribution in [0.25, 0.3) is 0 Å². The molecule has 1 aromatic rings. The van der Waals surface area contributed by atoms with Crippen molar-refractivity contribution in [1.29, 1.82) is 0 Å². The molecule has 0 aliphatic carbocycles. The van der Waals surface area contributed by atoms with Crippen LogP contribution in [0.4, 0.5) is 0 Å². The molecule has 5 nitrogen and oxygen atoms in total. The van der Waals surface area contributed by atoms with Gasteiger partial charge in [0.25, 0.3) is 5.91 Å². The van der Waals surface area contributed by atoms with Gasteiger partial charge in [-0.05, 0) is 38.5 Å². The zero-order valence-corrected chi connectivity index (χ0v) is 14.4. The molecule has 21 heavy (non-hydrogen) atoms. The standard InChI is InChI=1S/C14H17BrClNO4/c1-4-17-14(19)9(3)21-12(18)7-20-13-8(2)5-10(15)6-11(13)16/h5-6,9H,4,7H2,1-3H3,(H,17,19)/t9-/m1/s1. The molecule has 1 amide bonds. The van der Waals surface area contributed by atoms with Crippen LogP contribution in [0.5, 0.6) is 5.75 Å². The van der Waals surface area contributed by atoms with Crippen LogP contribution in [-0.4, -0.2) is 31.1 Å².